The molecule has 0 bridgehead atoms. The van der Waals surface area contributed by atoms with E-state index in [1.165, 1.54) is 334 Å². The molecule has 0 spiro atoms. The number of aliphatic hydroxyl groups is 2. The maximum absolute atomic E-state index is 12.5. The monoisotopic (exact) mass is 1040 g/mol. The van der Waals surface area contributed by atoms with E-state index < -0.39 is 12.1 Å². The van der Waals surface area contributed by atoms with Gasteiger partial charge in [-0.05, 0) is 51.4 Å². The summed E-state index contributed by atoms with van der Waals surface area (Å²) < 4.78 is 0. The van der Waals surface area contributed by atoms with Crippen molar-refractivity contribution in [3.05, 3.63) is 36.5 Å². The number of rotatable bonds is 64. The van der Waals surface area contributed by atoms with Gasteiger partial charge in [0.05, 0.1) is 18.8 Å². The van der Waals surface area contributed by atoms with Crippen molar-refractivity contribution in [2.24, 2.45) is 0 Å². The van der Waals surface area contributed by atoms with Gasteiger partial charge in [0, 0.05) is 6.42 Å². The Morgan fingerprint density at radius 2 is 0.554 bits per heavy atom. The third-order valence-corrected chi connectivity index (χ3v) is 16.1. The Labute approximate surface area is 465 Å². The van der Waals surface area contributed by atoms with Gasteiger partial charge >= 0.3 is 0 Å². The molecule has 0 fully saturated rings. The minimum atomic E-state index is -0.838. The summed E-state index contributed by atoms with van der Waals surface area (Å²) in [5, 5.41) is 23.3. The fourth-order valence-corrected chi connectivity index (χ4v) is 10.9. The van der Waals surface area contributed by atoms with Gasteiger partial charge in [-0.25, -0.2) is 0 Å². The summed E-state index contributed by atoms with van der Waals surface area (Å²) in [5.74, 6) is -0.0553. The van der Waals surface area contributed by atoms with Gasteiger partial charge in [-0.1, -0.05) is 365 Å². The van der Waals surface area contributed by atoms with Gasteiger partial charge in [0.2, 0.25) is 5.91 Å². The number of hydrogen-bond acceptors (Lipinski definition) is 3. The van der Waals surface area contributed by atoms with Crippen molar-refractivity contribution in [1.82, 2.24) is 5.32 Å². The Kier molecular flexibility index (Phi) is 64.7. The molecule has 0 rings (SSSR count). The summed E-state index contributed by atoms with van der Waals surface area (Å²) in [6, 6.07) is -0.621. The Bertz CT molecular complexity index is 1130. The van der Waals surface area contributed by atoms with E-state index in [0.717, 1.165) is 32.1 Å². The molecule has 438 valence electrons. The number of nitrogens with one attached hydrogen (secondary N) is 1. The zero-order valence-corrected chi connectivity index (χ0v) is 50.6. The SMILES string of the molecule is CCCCCCC/C=C\C/C=C\CCCCCCCCCCCCCCCCCCCCCCCCCCCCCCCC(=O)NC(CO)C(O)/C=C/CCCCCCCCCCCCCCCCCCCCC. The fourth-order valence-electron chi connectivity index (χ4n) is 10.9. The quantitative estimate of drug-likeness (QED) is 0.0420. The zero-order chi connectivity index (χ0) is 53.4. The topological polar surface area (TPSA) is 69.6 Å². The van der Waals surface area contributed by atoms with E-state index in [2.05, 4.69) is 43.5 Å². The van der Waals surface area contributed by atoms with Crippen LogP contribution in [0.15, 0.2) is 36.5 Å². The number of aliphatic hydroxyl groups excluding tert-OH is 2. The summed E-state index contributed by atoms with van der Waals surface area (Å²) in [6.07, 6.45) is 90.9. The number of allylic oxidation sites excluding steroid dienone is 5. The summed E-state index contributed by atoms with van der Waals surface area (Å²) in [4.78, 5) is 12.5. The van der Waals surface area contributed by atoms with Gasteiger partial charge < -0.3 is 15.5 Å². The molecule has 2 atom stereocenters. The van der Waals surface area contributed by atoms with Crippen LogP contribution in [0.25, 0.3) is 0 Å². The van der Waals surface area contributed by atoms with Crippen LogP contribution in [0, 0.1) is 0 Å². The maximum atomic E-state index is 12.5. The van der Waals surface area contributed by atoms with E-state index in [4.69, 9.17) is 0 Å². The molecule has 0 heterocycles. The van der Waals surface area contributed by atoms with E-state index in [9.17, 15) is 15.0 Å². The zero-order valence-electron chi connectivity index (χ0n) is 50.6. The van der Waals surface area contributed by atoms with Crippen LogP contribution >= 0.6 is 0 Å². The van der Waals surface area contributed by atoms with Crippen LogP contribution in [0.5, 0.6) is 0 Å². The van der Waals surface area contributed by atoms with E-state index in [1.807, 2.05) is 6.08 Å². The lowest BCUT2D eigenvalue weighted by molar-refractivity contribution is -0.123. The summed E-state index contributed by atoms with van der Waals surface area (Å²) >= 11 is 0. The van der Waals surface area contributed by atoms with E-state index in [0.29, 0.717) is 6.42 Å². The predicted molar refractivity (Wildman–Crippen MR) is 332 cm³/mol. The van der Waals surface area contributed by atoms with Crippen LogP contribution < -0.4 is 5.32 Å². The fraction of sp³-hybridized carbons (Fsp3) is 0.900. The van der Waals surface area contributed by atoms with Crippen LogP contribution in [0.2, 0.25) is 0 Å². The van der Waals surface area contributed by atoms with E-state index in [-0.39, 0.29) is 12.5 Å². The molecule has 0 aliphatic heterocycles. The van der Waals surface area contributed by atoms with E-state index >= 15 is 0 Å². The number of carbonyl (C=O) groups excluding carboxylic acids is 1. The van der Waals surface area contributed by atoms with E-state index in [1.54, 1.807) is 6.08 Å². The minimum absolute atomic E-state index is 0.0553. The summed E-state index contributed by atoms with van der Waals surface area (Å²) in [5.41, 5.74) is 0. The molecule has 0 saturated carbocycles. The molecule has 0 saturated heterocycles. The molecule has 0 aromatic heterocycles. The second kappa shape index (κ2) is 65.9. The molecule has 2 unspecified atom stereocenters. The first-order valence-corrected chi connectivity index (χ1v) is 34.2. The van der Waals surface area contributed by atoms with Crippen molar-refractivity contribution in [1.29, 1.82) is 0 Å². The maximum Gasteiger partial charge on any atom is 0.220 e. The average Bonchev–Trinajstić information content (AvgIpc) is 3.40. The second-order valence-electron chi connectivity index (χ2n) is 23.6. The Hall–Kier alpha value is -1.39. The van der Waals surface area contributed by atoms with Crippen molar-refractivity contribution in [3.8, 4) is 0 Å². The van der Waals surface area contributed by atoms with Crippen LogP contribution in [-0.4, -0.2) is 34.9 Å². The van der Waals surface area contributed by atoms with Crippen molar-refractivity contribution < 1.29 is 15.0 Å². The van der Waals surface area contributed by atoms with Crippen LogP contribution in [0.4, 0.5) is 0 Å². The van der Waals surface area contributed by atoms with Gasteiger partial charge in [-0.2, -0.15) is 0 Å². The van der Waals surface area contributed by atoms with Crippen molar-refractivity contribution >= 4 is 5.91 Å². The van der Waals surface area contributed by atoms with Gasteiger partial charge in [0.25, 0.3) is 0 Å². The highest BCUT2D eigenvalue weighted by Crippen LogP contribution is 2.19. The molecular weight excluding hydrogens is 903 g/mol. The minimum Gasteiger partial charge on any atom is -0.394 e. The average molecular weight is 1040 g/mol. The van der Waals surface area contributed by atoms with Crippen LogP contribution in [-0.2, 0) is 4.79 Å². The molecule has 0 radical (unpaired) electrons. The van der Waals surface area contributed by atoms with Gasteiger partial charge in [-0.15, -0.1) is 0 Å². The first kappa shape index (κ1) is 72.6. The molecule has 74 heavy (non-hydrogen) atoms. The standard InChI is InChI=1S/C70H135NO3/c1-3-5-7-9-11-13-15-17-19-21-23-25-26-27-28-29-30-31-32-33-34-35-36-37-38-39-40-41-42-43-44-46-48-50-52-54-56-58-60-62-64-66-70(74)71-68(67-72)69(73)65-63-61-59-57-55-53-51-49-47-45-24-22-20-18-16-14-12-10-8-6-4-2/h15,17,21,23,63,65,68-69,72-73H,3-14,16,18-20,22,24-62,64,66-67H2,1-2H3,(H,71,74)/b17-15-,23-21-,65-63+. The molecule has 4 heteroatoms. The molecule has 0 aliphatic carbocycles. The molecule has 3 N–H and O–H groups in total. The largest absolute Gasteiger partial charge is 0.394 e. The number of amides is 1. The van der Waals surface area contributed by atoms with Gasteiger partial charge in [0.1, 0.15) is 0 Å². The Balaban J connectivity index is 3.38. The number of unbranched alkanes of at least 4 members (excludes halogenated alkanes) is 53. The van der Waals surface area contributed by atoms with Crippen LogP contribution in [0.1, 0.15) is 386 Å². The highest BCUT2D eigenvalue weighted by molar-refractivity contribution is 5.76. The lowest BCUT2D eigenvalue weighted by Crippen LogP contribution is -2.45. The van der Waals surface area contributed by atoms with Crippen molar-refractivity contribution in [3.63, 3.8) is 0 Å². The Morgan fingerprint density at radius 1 is 0.324 bits per heavy atom. The lowest BCUT2D eigenvalue weighted by atomic mass is 10.0. The van der Waals surface area contributed by atoms with Gasteiger partial charge in [-0.3, -0.25) is 4.79 Å². The first-order chi connectivity index (χ1) is 36.7. The first-order valence-electron chi connectivity index (χ1n) is 34.2. The third-order valence-electron chi connectivity index (χ3n) is 16.1. The lowest BCUT2D eigenvalue weighted by Gasteiger charge is -2.20. The molecule has 0 aromatic carbocycles. The smallest absolute Gasteiger partial charge is 0.220 e. The second-order valence-corrected chi connectivity index (χ2v) is 23.6. The van der Waals surface area contributed by atoms with Crippen molar-refractivity contribution in [2.45, 2.75) is 398 Å². The molecule has 0 aromatic rings. The third kappa shape index (κ3) is 61.5. The highest BCUT2D eigenvalue weighted by Gasteiger charge is 2.18. The van der Waals surface area contributed by atoms with Gasteiger partial charge in [0.15, 0.2) is 0 Å². The summed E-state index contributed by atoms with van der Waals surface area (Å²) in [6.45, 7) is 4.34. The number of hydrogen-bond donors (Lipinski definition) is 3. The molecular formula is C70H135NO3. The normalized spacial score (nSPS) is 12.9. The molecule has 1 amide bonds. The van der Waals surface area contributed by atoms with Crippen molar-refractivity contribution in [2.75, 3.05) is 6.61 Å². The molecule has 4 nitrogen and oxygen atoms in total. The number of carbonyl (C=O) groups is 1. The molecule has 0 aliphatic rings. The predicted octanol–water partition coefficient (Wildman–Crippen LogP) is 23.2. The highest BCUT2D eigenvalue weighted by atomic mass is 16.3. The van der Waals surface area contributed by atoms with Crippen LogP contribution in [0.3, 0.4) is 0 Å². The summed E-state index contributed by atoms with van der Waals surface area (Å²) in [7, 11) is 0. The Morgan fingerprint density at radius 3 is 0.811 bits per heavy atom.